The molecule has 0 unspecified atom stereocenters. The number of aryl methyl sites for hydroxylation is 2. The zero-order chi connectivity index (χ0) is 14.1. The predicted octanol–water partition coefficient (Wildman–Crippen LogP) is 3.15. The van der Waals surface area contributed by atoms with E-state index in [0.29, 0.717) is 6.42 Å². The topological polar surface area (TPSA) is 37.5 Å². The van der Waals surface area contributed by atoms with Crippen molar-refractivity contribution >= 4 is 5.65 Å². The minimum Gasteiger partial charge on any atom is -0.396 e. The number of pyridine rings is 1. The molecule has 0 bridgehead atoms. The second kappa shape index (κ2) is 5.10. The van der Waals surface area contributed by atoms with E-state index in [0.717, 1.165) is 22.6 Å². The quantitative estimate of drug-likeness (QED) is 0.790. The zero-order valence-electron chi connectivity index (χ0n) is 11.8. The molecule has 3 aromatic rings. The standard InChI is InChI=1S/C17H18N2O/c1-12-3-6-14(7-4-12)17-15(9-10-20)19-11-13(2)5-8-16(19)18-17/h3-8,11,20H,9-10H2,1-2H3. The number of aromatic nitrogens is 2. The van der Waals surface area contributed by atoms with Gasteiger partial charge in [0.1, 0.15) is 5.65 Å². The maximum atomic E-state index is 9.34. The van der Waals surface area contributed by atoms with Crippen LogP contribution in [-0.2, 0) is 6.42 Å². The van der Waals surface area contributed by atoms with Gasteiger partial charge in [-0.3, -0.25) is 0 Å². The van der Waals surface area contributed by atoms with Gasteiger partial charge in [-0.2, -0.15) is 0 Å². The lowest BCUT2D eigenvalue weighted by atomic mass is 10.1. The second-order valence-electron chi connectivity index (χ2n) is 5.18. The first-order chi connectivity index (χ1) is 9.69. The van der Waals surface area contributed by atoms with Crippen LogP contribution in [0.1, 0.15) is 16.8 Å². The fraction of sp³-hybridized carbons (Fsp3) is 0.235. The lowest BCUT2D eigenvalue weighted by molar-refractivity contribution is 0.298. The van der Waals surface area contributed by atoms with Gasteiger partial charge in [-0.1, -0.05) is 35.9 Å². The Balaban J connectivity index is 2.23. The maximum Gasteiger partial charge on any atom is 0.137 e. The van der Waals surface area contributed by atoms with Gasteiger partial charge in [-0.25, -0.2) is 4.98 Å². The molecule has 0 aliphatic heterocycles. The second-order valence-corrected chi connectivity index (χ2v) is 5.18. The molecule has 0 fully saturated rings. The van der Waals surface area contributed by atoms with Crippen LogP contribution in [0, 0.1) is 13.8 Å². The summed E-state index contributed by atoms with van der Waals surface area (Å²) >= 11 is 0. The highest BCUT2D eigenvalue weighted by molar-refractivity contribution is 5.67. The van der Waals surface area contributed by atoms with Crippen molar-refractivity contribution < 1.29 is 5.11 Å². The van der Waals surface area contributed by atoms with Crippen LogP contribution in [0.3, 0.4) is 0 Å². The van der Waals surface area contributed by atoms with Gasteiger partial charge in [0.05, 0.1) is 11.4 Å². The summed E-state index contributed by atoms with van der Waals surface area (Å²) in [5, 5.41) is 9.34. The number of aliphatic hydroxyl groups excluding tert-OH is 1. The molecule has 0 saturated heterocycles. The lowest BCUT2D eigenvalue weighted by Gasteiger charge is -2.04. The molecular formula is C17H18N2O. The molecular weight excluding hydrogens is 248 g/mol. The van der Waals surface area contributed by atoms with E-state index in [4.69, 9.17) is 4.98 Å². The summed E-state index contributed by atoms with van der Waals surface area (Å²) in [6.45, 7) is 4.26. The molecule has 1 N–H and O–H groups in total. The molecule has 102 valence electrons. The lowest BCUT2D eigenvalue weighted by Crippen LogP contribution is -1.98. The largest absolute Gasteiger partial charge is 0.396 e. The van der Waals surface area contributed by atoms with Crippen molar-refractivity contribution in [2.24, 2.45) is 0 Å². The van der Waals surface area contributed by atoms with Gasteiger partial charge in [0, 0.05) is 24.8 Å². The van der Waals surface area contributed by atoms with Gasteiger partial charge < -0.3 is 9.51 Å². The van der Waals surface area contributed by atoms with Crippen LogP contribution >= 0.6 is 0 Å². The van der Waals surface area contributed by atoms with Crippen LogP contribution in [0.2, 0.25) is 0 Å². The highest BCUT2D eigenvalue weighted by atomic mass is 16.3. The van der Waals surface area contributed by atoms with E-state index < -0.39 is 0 Å². The molecule has 3 heteroatoms. The smallest absolute Gasteiger partial charge is 0.137 e. The summed E-state index contributed by atoms with van der Waals surface area (Å²) < 4.78 is 2.08. The molecule has 0 aliphatic rings. The zero-order valence-corrected chi connectivity index (χ0v) is 11.8. The number of benzene rings is 1. The minimum atomic E-state index is 0.126. The third kappa shape index (κ3) is 2.21. The van der Waals surface area contributed by atoms with Crippen molar-refractivity contribution in [1.82, 2.24) is 9.38 Å². The predicted molar refractivity (Wildman–Crippen MR) is 80.9 cm³/mol. The van der Waals surface area contributed by atoms with Crippen molar-refractivity contribution in [3.05, 3.63) is 59.4 Å². The van der Waals surface area contributed by atoms with Crippen LogP contribution in [-0.4, -0.2) is 21.1 Å². The maximum absolute atomic E-state index is 9.34. The molecule has 0 spiro atoms. The fourth-order valence-electron chi connectivity index (χ4n) is 2.49. The Bertz CT molecular complexity index is 742. The number of hydrogen-bond donors (Lipinski definition) is 1. The molecule has 2 aromatic heterocycles. The average Bonchev–Trinajstić information content (AvgIpc) is 2.79. The average molecular weight is 266 g/mol. The molecule has 3 rings (SSSR count). The summed E-state index contributed by atoms with van der Waals surface area (Å²) in [6.07, 6.45) is 2.68. The van der Waals surface area contributed by atoms with Gasteiger partial charge in [0.15, 0.2) is 0 Å². The molecule has 0 saturated carbocycles. The number of aliphatic hydroxyl groups is 1. The number of hydrogen-bond acceptors (Lipinski definition) is 2. The Morgan fingerprint density at radius 2 is 1.70 bits per heavy atom. The molecule has 2 heterocycles. The van der Waals surface area contributed by atoms with Crippen molar-refractivity contribution in [2.75, 3.05) is 6.61 Å². The Labute approximate surface area is 118 Å². The monoisotopic (exact) mass is 266 g/mol. The first-order valence-electron chi connectivity index (χ1n) is 6.84. The van der Waals surface area contributed by atoms with Crippen molar-refractivity contribution in [1.29, 1.82) is 0 Å². The van der Waals surface area contributed by atoms with Crippen molar-refractivity contribution in [3.8, 4) is 11.3 Å². The van der Waals surface area contributed by atoms with Crippen LogP contribution in [0.4, 0.5) is 0 Å². The van der Waals surface area contributed by atoms with Gasteiger partial charge in [0.2, 0.25) is 0 Å². The molecule has 20 heavy (non-hydrogen) atoms. The van der Waals surface area contributed by atoms with Crippen LogP contribution < -0.4 is 0 Å². The third-order valence-corrected chi connectivity index (χ3v) is 3.54. The molecule has 0 aliphatic carbocycles. The number of fused-ring (bicyclic) bond motifs is 1. The highest BCUT2D eigenvalue weighted by Crippen LogP contribution is 2.25. The van der Waals surface area contributed by atoms with Crippen molar-refractivity contribution in [2.45, 2.75) is 20.3 Å². The Hall–Kier alpha value is -2.13. The third-order valence-electron chi connectivity index (χ3n) is 3.54. The number of imidazole rings is 1. The van der Waals surface area contributed by atoms with E-state index in [9.17, 15) is 5.11 Å². The van der Waals surface area contributed by atoms with E-state index in [-0.39, 0.29) is 6.61 Å². The summed E-state index contributed by atoms with van der Waals surface area (Å²) in [7, 11) is 0. The molecule has 0 radical (unpaired) electrons. The van der Waals surface area contributed by atoms with Gasteiger partial charge in [-0.05, 0) is 25.5 Å². The normalized spacial score (nSPS) is 11.2. The van der Waals surface area contributed by atoms with Crippen LogP contribution in [0.15, 0.2) is 42.6 Å². The number of rotatable bonds is 3. The van der Waals surface area contributed by atoms with E-state index in [2.05, 4.69) is 54.8 Å². The molecule has 1 aromatic carbocycles. The Morgan fingerprint density at radius 1 is 1.00 bits per heavy atom. The highest BCUT2D eigenvalue weighted by Gasteiger charge is 2.13. The summed E-state index contributed by atoms with van der Waals surface area (Å²) in [5.41, 5.74) is 6.47. The van der Waals surface area contributed by atoms with Crippen molar-refractivity contribution in [3.63, 3.8) is 0 Å². The SMILES string of the molecule is Cc1ccc(-c2nc3ccc(C)cn3c2CCO)cc1. The van der Waals surface area contributed by atoms with E-state index in [1.807, 2.05) is 6.07 Å². The van der Waals surface area contributed by atoms with Crippen LogP contribution in [0.25, 0.3) is 16.9 Å². The Morgan fingerprint density at radius 3 is 2.40 bits per heavy atom. The molecule has 0 atom stereocenters. The van der Waals surface area contributed by atoms with E-state index >= 15 is 0 Å². The molecule has 3 nitrogen and oxygen atoms in total. The van der Waals surface area contributed by atoms with E-state index in [1.54, 1.807) is 0 Å². The van der Waals surface area contributed by atoms with Gasteiger partial charge in [-0.15, -0.1) is 0 Å². The summed E-state index contributed by atoms with van der Waals surface area (Å²) in [6, 6.07) is 12.4. The Kier molecular flexibility index (Phi) is 3.28. The summed E-state index contributed by atoms with van der Waals surface area (Å²) in [5.74, 6) is 0. The van der Waals surface area contributed by atoms with Gasteiger partial charge in [0.25, 0.3) is 0 Å². The van der Waals surface area contributed by atoms with Gasteiger partial charge >= 0.3 is 0 Å². The summed E-state index contributed by atoms with van der Waals surface area (Å²) in [4.78, 5) is 4.72. The van der Waals surface area contributed by atoms with Crippen LogP contribution in [0.5, 0.6) is 0 Å². The minimum absolute atomic E-state index is 0.126. The molecule has 0 amide bonds. The first kappa shape index (κ1) is 12.9. The first-order valence-corrected chi connectivity index (χ1v) is 6.84. The number of nitrogens with zero attached hydrogens (tertiary/aromatic N) is 2. The fourth-order valence-corrected chi connectivity index (χ4v) is 2.49. The van der Waals surface area contributed by atoms with E-state index in [1.165, 1.54) is 11.1 Å².